The topological polar surface area (TPSA) is 15.3 Å². The van der Waals surface area contributed by atoms with Crippen LogP contribution in [0.2, 0.25) is 0 Å². The highest BCUT2D eigenvalue weighted by molar-refractivity contribution is 4.89. The van der Waals surface area contributed by atoms with E-state index in [2.05, 4.69) is 37.9 Å². The first kappa shape index (κ1) is 15.0. The van der Waals surface area contributed by atoms with Gasteiger partial charge in [0.25, 0.3) is 0 Å². The minimum atomic E-state index is 0.461. The Hall–Kier alpha value is -0.0800. The predicted molar refractivity (Wildman–Crippen MR) is 76.4 cm³/mol. The summed E-state index contributed by atoms with van der Waals surface area (Å²) in [5.41, 5.74) is 0.461. The summed E-state index contributed by atoms with van der Waals surface area (Å²) in [5, 5.41) is 3.55. The standard InChI is InChI=1S/C15H32N2/c1-5-10-15(4,12-16-7-3)13-17(11-6-2)14-8-9-14/h14,16H,5-13H2,1-4H3. The van der Waals surface area contributed by atoms with Gasteiger partial charge in [-0.1, -0.05) is 34.1 Å². The quantitative estimate of drug-likeness (QED) is 0.630. The van der Waals surface area contributed by atoms with E-state index in [1.165, 1.54) is 51.7 Å². The van der Waals surface area contributed by atoms with Crippen molar-refractivity contribution in [1.82, 2.24) is 10.2 Å². The highest BCUT2D eigenvalue weighted by atomic mass is 15.2. The van der Waals surface area contributed by atoms with Crippen LogP contribution in [0, 0.1) is 5.41 Å². The SMILES string of the molecule is CCCN(CC(C)(CCC)CNCC)C1CC1. The molecule has 2 nitrogen and oxygen atoms in total. The average molecular weight is 240 g/mol. The van der Waals surface area contributed by atoms with Gasteiger partial charge in [-0.3, -0.25) is 4.90 Å². The van der Waals surface area contributed by atoms with Gasteiger partial charge in [-0.2, -0.15) is 0 Å². The van der Waals surface area contributed by atoms with Crippen molar-refractivity contribution in [2.24, 2.45) is 5.41 Å². The molecule has 1 atom stereocenters. The molecule has 0 heterocycles. The number of hydrogen-bond acceptors (Lipinski definition) is 2. The van der Waals surface area contributed by atoms with Gasteiger partial charge in [0.15, 0.2) is 0 Å². The van der Waals surface area contributed by atoms with Crippen LogP contribution in [-0.2, 0) is 0 Å². The predicted octanol–water partition coefficient (Wildman–Crippen LogP) is 3.28. The molecule has 0 spiro atoms. The minimum Gasteiger partial charge on any atom is -0.316 e. The van der Waals surface area contributed by atoms with Crippen LogP contribution in [0.3, 0.4) is 0 Å². The Morgan fingerprint density at radius 2 is 1.88 bits per heavy atom. The molecule has 102 valence electrons. The summed E-state index contributed by atoms with van der Waals surface area (Å²) in [6, 6.07) is 0.910. The molecule has 0 saturated heterocycles. The fourth-order valence-corrected chi connectivity index (χ4v) is 2.86. The molecule has 1 saturated carbocycles. The lowest BCUT2D eigenvalue weighted by Crippen LogP contribution is -2.43. The number of rotatable bonds is 10. The molecule has 0 aromatic rings. The van der Waals surface area contributed by atoms with E-state index in [9.17, 15) is 0 Å². The Balaban J connectivity index is 2.49. The number of nitrogens with one attached hydrogen (secondary N) is 1. The van der Waals surface area contributed by atoms with Crippen molar-refractivity contribution < 1.29 is 0 Å². The van der Waals surface area contributed by atoms with E-state index < -0.39 is 0 Å². The zero-order chi connectivity index (χ0) is 12.7. The van der Waals surface area contributed by atoms with Gasteiger partial charge < -0.3 is 5.32 Å². The molecule has 0 bridgehead atoms. The summed E-state index contributed by atoms with van der Waals surface area (Å²) in [4.78, 5) is 2.74. The summed E-state index contributed by atoms with van der Waals surface area (Å²) in [6.07, 6.45) is 6.80. The van der Waals surface area contributed by atoms with E-state index in [1.807, 2.05) is 0 Å². The highest BCUT2D eigenvalue weighted by Crippen LogP contribution is 2.32. The van der Waals surface area contributed by atoms with Crippen LogP contribution in [0.1, 0.15) is 59.8 Å². The first-order valence-corrected chi connectivity index (χ1v) is 7.60. The lowest BCUT2D eigenvalue weighted by molar-refractivity contribution is 0.143. The van der Waals surface area contributed by atoms with Gasteiger partial charge in [0.2, 0.25) is 0 Å². The van der Waals surface area contributed by atoms with Crippen LogP contribution in [0.25, 0.3) is 0 Å². The molecule has 0 aliphatic heterocycles. The molecular weight excluding hydrogens is 208 g/mol. The summed E-state index contributed by atoms with van der Waals surface area (Å²) in [7, 11) is 0. The van der Waals surface area contributed by atoms with Crippen molar-refractivity contribution in [2.45, 2.75) is 65.8 Å². The molecule has 1 aliphatic carbocycles. The monoisotopic (exact) mass is 240 g/mol. The van der Waals surface area contributed by atoms with Crippen molar-refractivity contribution in [2.75, 3.05) is 26.2 Å². The van der Waals surface area contributed by atoms with Crippen molar-refractivity contribution in [3.8, 4) is 0 Å². The zero-order valence-electron chi connectivity index (χ0n) is 12.4. The van der Waals surface area contributed by atoms with E-state index in [0.717, 1.165) is 12.6 Å². The maximum Gasteiger partial charge on any atom is 0.00966 e. The van der Waals surface area contributed by atoms with Gasteiger partial charge in [-0.05, 0) is 44.2 Å². The fraction of sp³-hybridized carbons (Fsp3) is 1.00. The van der Waals surface area contributed by atoms with Gasteiger partial charge in [0, 0.05) is 19.1 Å². The van der Waals surface area contributed by atoms with Gasteiger partial charge in [0.1, 0.15) is 0 Å². The Labute approximate surface area is 108 Å². The summed E-state index contributed by atoms with van der Waals surface area (Å²) in [5.74, 6) is 0. The number of nitrogens with zero attached hydrogens (tertiary/aromatic N) is 1. The smallest absolute Gasteiger partial charge is 0.00966 e. The molecule has 1 N–H and O–H groups in total. The second-order valence-electron chi connectivity index (χ2n) is 6.04. The van der Waals surface area contributed by atoms with Crippen LogP contribution < -0.4 is 5.32 Å². The van der Waals surface area contributed by atoms with Crippen LogP contribution in [0.15, 0.2) is 0 Å². The first-order valence-electron chi connectivity index (χ1n) is 7.60. The van der Waals surface area contributed by atoms with Crippen LogP contribution >= 0.6 is 0 Å². The molecule has 17 heavy (non-hydrogen) atoms. The highest BCUT2D eigenvalue weighted by Gasteiger charge is 2.33. The molecule has 0 aromatic heterocycles. The maximum atomic E-state index is 3.55. The molecule has 0 amide bonds. The van der Waals surface area contributed by atoms with Crippen molar-refractivity contribution in [3.05, 3.63) is 0 Å². The second kappa shape index (κ2) is 7.38. The number of hydrogen-bond donors (Lipinski definition) is 1. The third-order valence-electron chi connectivity index (χ3n) is 3.81. The van der Waals surface area contributed by atoms with E-state index in [-0.39, 0.29) is 0 Å². The van der Waals surface area contributed by atoms with Crippen LogP contribution in [0.4, 0.5) is 0 Å². The van der Waals surface area contributed by atoms with Crippen molar-refractivity contribution in [3.63, 3.8) is 0 Å². The molecule has 0 aromatic carbocycles. The third kappa shape index (κ3) is 5.39. The van der Waals surface area contributed by atoms with Gasteiger partial charge >= 0.3 is 0 Å². The van der Waals surface area contributed by atoms with Crippen LogP contribution in [0.5, 0.6) is 0 Å². The lowest BCUT2D eigenvalue weighted by Gasteiger charge is -2.36. The van der Waals surface area contributed by atoms with Gasteiger partial charge in [-0.15, -0.1) is 0 Å². The van der Waals surface area contributed by atoms with E-state index in [0.29, 0.717) is 5.41 Å². The lowest BCUT2D eigenvalue weighted by atomic mass is 9.84. The van der Waals surface area contributed by atoms with E-state index in [4.69, 9.17) is 0 Å². The summed E-state index contributed by atoms with van der Waals surface area (Å²) >= 11 is 0. The van der Waals surface area contributed by atoms with E-state index in [1.54, 1.807) is 0 Å². The Kier molecular flexibility index (Phi) is 6.50. The first-order chi connectivity index (χ1) is 8.15. The normalized spacial score (nSPS) is 19.6. The Bertz CT molecular complexity index is 201. The largest absolute Gasteiger partial charge is 0.316 e. The Morgan fingerprint density at radius 3 is 2.35 bits per heavy atom. The fourth-order valence-electron chi connectivity index (χ4n) is 2.86. The van der Waals surface area contributed by atoms with Crippen LogP contribution in [-0.4, -0.2) is 37.1 Å². The average Bonchev–Trinajstić information content (AvgIpc) is 3.10. The maximum absolute atomic E-state index is 3.55. The van der Waals surface area contributed by atoms with Crippen molar-refractivity contribution >= 4 is 0 Å². The van der Waals surface area contributed by atoms with Gasteiger partial charge in [-0.25, -0.2) is 0 Å². The van der Waals surface area contributed by atoms with E-state index >= 15 is 0 Å². The molecule has 1 aliphatic rings. The Morgan fingerprint density at radius 1 is 1.18 bits per heavy atom. The molecular formula is C15H32N2. The third-order valence-corrected chi connectivity index (χ3v) is 3.81. The molecule has 1 unspecified atom stereocenters. The van der Waals surface area contributed by atoms with Crippen molar-refractivity contribution in [1.29, 1.82) is 0 Å². The molecule has 1 rings (SSSR count). The summed E-state index contributed by atoms with van der Waals surface area (Å²) in [6.45, 7) is 14.1. The zero-order valence-corrected chi connectivity index (χ0v) is 12.4. The summed E-state index contributed by atoms with van der Waals surface area (Å²) < 4.78 is 0. The van der Waals surface area contributed by atoms with Gasteiger partial charge in [0.05, 0.1) is 0 Å². The molecule has 2 heteroatoms. The minimum absolute atomic E-state index is 0.461. The second-order valence-corrected chi connectivity index (χ2v) is 6.04. The molecule has 1 fully saturated rings. The molecule has 0 radical (unpaired) electrons.